The second-order valence-corrected chi connectivity index (χ2v) is 8.39. The number of carbonyl (C=O) groups excluding carboxylic acids is 1. The lowest BCUT2D eigenvalue weighted by Crippen LogP contribution is -2.54. The van der Waals surface area contributed by atoms with Crippen molar-refractivity contribution in [3.05, 3.63) is 22.8 Å². The summed E-state index contributed by atoms with van der Waals surface area (Å²) in [5.41, 5.74) is 0.866. The lowest BCUT2D eigenvalue weighted by molar-refractivity contribution is -0.216. The third-order valence-electron chi connectivity index (χ3n) is 6.13. The number of esters is 1. The smallest absolute Gasteiger partial charge is 0.334 e. The third kappa shape index (κ3) is 3.69. The summed E-state index contributed by atoms with van der Waals surface area (Å²) in [6.45, 7) is 7.43. The fraction of sp³-hybridized carbons (Fsp3) is 0.750. The van der Waals surface area contributed by atoms with Gasteiger partial charge < -0.3 is 19.7 Å². The summed E-state index contributed by atoms with van der Waals surface area (Å²) >= 11 is 0. The monoisotopic (exact) mass is 350 g/mol. The van der Waals surface area contributed by atoms with Gasteiger partial charge in [0.25, 0.3) is 0 Å². The number of aliphatic hydroxyl groups is 2. The molecule has 2 bridgehead atoms. The van der Waals surface area contributed by atoms with E-state index in [4.69, 9.17) is 9.47 Å². The van der Waals surface area contributed by atoms with Crippen molar-refractivity contribution in [2.75, 3.05) is 0 Å². The molecule has 5 atom stereocenters. The zero-order valence-corrected chi connectivity index (χ0v) is 15.7. The van der Waals surface area contributed by atoms with Crippen LogP contribution in [0, 0.1) is 0 Å². The van der Waals surface area contributed by atoms with Gasteiger partial charge in [-0.05, 0) is 77.9 Å². The summed E-state index contributed by atoms with van der Waals surface area (Å²) in [4.78, 5) is 12.0. The van der Waals surface area contributed by atoms with Gasteiger partial charge in [0.1, 0.15) is 6.10 Å². The summed E-state index contributed by atoms with van der Waals surface area (Å²) in [5, 5.41) is 21.7. The van der Waals surface area contributed by atoms with Gasteiger partial charge >= 0.3 is 5.97 Å². The first-order chi connectivity index (χ1) is 11.6. The van der Waals surface area contributed by atoms with Crippen LogP contribution in [-0.4, -0.2) is 45.7 Å². The number of fused-ring (bicyclic) bond motifs is 3. The summed E-state index contributed by atoms with van der Waals surface area (Å²) in [6.07, 6.45) is 4.84. The molecule has 2 N–H and O–H groups in total. The molecule has 0 aromatic rings. The Morgan fingerprint density at radius 3 is 2.40 bits per heavy atom. The lowest BCUT2D eigenvalue weighted by atomic mass is 9.79. The van der Waals surface area contributed by atoms with Gasteiger partial charge in [-0.2, -0.15) is 0 Å². The van der Waals surface area contributed by atoms with Crippen molar-refractivity contribution in [2.45, 2.75) is 95.7 Å². The largest absolute Gasteiger partial charge is 0.450 e. The second kappa shape index (κ2) is 6.53. The van der Waals surface area contributed by atoms with E-state index in [0.717, 1.165) is 17.6 Å². The summed E-state index contributed by atoms with van der Waals surface area (Å²) < 4.78 is 11.7. The second-order valence-electron chi connectivity index (χ2n) is 8.39. The molecule has 3 heterocycles. The Bertz CT molecular complexity index is 614. The van der Waals surface area contributed by atoms with E-state index in [9.17, 15) is 15.0 Å². The highest BCUT2D eigenvalue weighted by molar-refractivity contribution is 5.92. The molecule has 0 amide bonds. The molecule has 140 valence electrons. The van der Waals surface area contributed by atoms with E-state index < -0.39 is 11.2 Å². The van der Waals surface area contributed by atoms with Crippen LogP contribution in [0.15, 0.2) is 22.8 Å². The molecule has 1 saturated heterocycles. The molecule has 5 nitrogen and oxygen atoms in total. The van der Waals surface area contributed by atoms with Crippen LogP contribution in [0.3, 0.4) is 0 Å². The average Bonchev–Trinajstić information content (AvgIpc) is 2.77. The molecule has 25 heavy (non-hydrogen) atoms. The van der Waals surface area contributed by atoms with Crippen LogP contribution in [0.2, 0.25) is 0 Å². The average molecular weight is 350 g/mol. The molecule has 0 saturated carbocycles. The maximum Gasteiger partial charge on any atom is 0.334 e. The zero-order chi connectivity index (χ0) is 18.4. The van der Waals surface area contributed by atoms with Gasteiger partial charge in [0, 0.05) is 5.57 Å². The molecule has 0 aliphatic carbocycles. The minimum atomic E-state index is -1.00. The minimum Gasteiger partial charge on any atom is -0.450 e. The Morgan fingerprint density at radius 1 is 1.04 bits per heavy atom. The van der Waals surface area contributed by atoms with E-state index >= 15 is 0 Å². The van der Waals surface area contributed by atoms with Crippen molar-refractivity contribution in [3.63, 3.8) is 0 Å². The molecule has 0 spiro atoms. The van der Waals surface area contributed by atoms with Gasteiger partial charge in [0.05, 0.1) is 23.4 Å². The van der Waals surface area contributed by atoms with Crippen molar-refractivity contribution >= 4 is 5.97 Å². The quantitative estimate of drug-likeness (QED) is 0.519. The molecule has 3 aliphatic rings. The molecule has 5 heteroatoms. The molecule has 3 rings (SSSR count). The van der Waals surface area contributed by atoms with Gasteiger partial charge in [0.15, 0.2) is 0 Å². The Hall–Kier alpha value is -1.17. The van der Waals surface area contributed by atoms with Gasteiger partial charge in [-0.15, -0.1) is 0 Å². The number of allylic oxidation sites excluding steroid dienone is 1. The fourth-order valence-electron chi connectivity index (χ4n) is 4.17. The van der Waals surface area contributed by atoms with Gasteiger partial charge in [-0.1, -0.05) is 5.57 Å². The van der Waals surface area contributed by atoms with Crippen molar-refractivity contribution in [3.8, 4) is 0 Å². The van der Waals surface area contributed by atoms with Gasteiger partial charge in [-0.25, -0.2) is 4.79 Å². The Morgan fingerprint density at radius 2 is 1.68 bits per heavy atom. The number of hydrogen-bond acceptors (Lipinski definition) is 5. The molecule has 3 aliphatic heterocycles. The van der Waals surface area contributed by atoms with Crippen molar-refractivity contribution < 1.29 is 24.5 Å². The predicted octanol–water partition coefficient (Wildman–Crippen LogP) is 2.80. The van der Waals surface area contributed by atoms with Crippen molar-refractivity contribution in [1.82, 2.24) is 0 Å². The highest BCUT2D eigenvalue weighted by Crippen LogP contribution is 2.39. The Balaban J connectivity index is 1.92. The number of ether oxygens (including phenoxy) is 2. The van der Waals surface area contributed by atoms with E-state index in [1.807, 2.05) is 19.9 Å². The van der Waals surface area contributed by atoms with Crippen LogP contribution in [0.25, 0.3) is 0 Å². The van der Waals surface area contributed by atoms with E-state index in [1.165, 1.54) is 0 Å². The summed E-state index contributed by atoms with van der Waals surface area (Å²) in [5.74, 6) is -0.267. The number of hydrogen-bond donors (Lipinski definition) is 2. The van der Waals surface area contributed by atoms with E-state index in [0.29, 0.717) is 37.7 Å². The standard InChI is InChI=1S/C20H30O5/c1-12-5-6-16-20(4,23)10-8-17(25-16)19(3,22)9-7-14-13(2)18(21)24-15(14)11-12/h11,15-17,22-23H,5-10H2,1-4H3. The molecular formula is C20H30O5. The first-order valence-electron chi connectivity index (χ1n) is 9.28. The summed E-state index contributed by atoms with van der Waals surface area (Å²) in [7, 11) is 0. The van der Waals surface area contributed by atoms with E-state index in [2.05, 4.69) is 0 Å². The highest BCUT2D eigenvalue weighted by atomic mass is 16.5. The third-order valence-corrected chi connectivity index (χ3v) is 6.13. The van der Waals surface area contributed by atoms with Crippen molar-refractivity contribution in [1.29, 1.82) is 0 Å². The van der Waals surface area contributed by atoms with Crippen molar-refractivity contribution in [2.24, 2.45) is 0 Å². The van der Waals surface area contributed by atoms with Crippen LogP contribution in [0.5, 0.6) is 0 Å². The molecule has 1 fully saturated rings. The van der Waals surface area contributed by atoms with Crippen LogP contribution in [-0.2, 0) is 14.3 Å². The predicted molar refractivity (Wildman–Crippen MR) is 93.9 cm³/mol. The highest BCUT2D eigenvalue weighted by Gasteiger charge is 2.45. The van der Waals surface area contributed by atoms with Gasteiger partial charge in [0.2, 0.25) is 0 Å². The molecule has 0 aromatic heterocycles. The van der Waals surface area contributed by atoms with E-state index in [-0.39, 0.29) is 24.3 Å². The summed E-state index contributed by atoms with van der Waals surface area (Å²) in [6, 6.07) is 0. The van der Waals surface area contributed by atoms with Gasteiger partial charge in [-0.3, -0.25) is 0 Å². The molecule has 0 radical (unpaired) electrons. The molecule has 0 aromatic carbocycles. The first-order valence-corrected chi connectivity index (χ1v) is 9.28. The normalized spacial score (nSPS) is 42.9. The van der Waals surface area contributed by atoms with Crippen LogP contribution < -0.4 is 0 Å². The fourth-order valence-corrected chi connectivity index (χ4v) is 4.17. The van der Waals surface area contributed by atoms with Crippen LogP contribution in [0.4, 0.5) is 0 Å². The molecule has 5 unspecified atom stereocenters. The maximum atomic E-state index is 12.0. The Kier molecular flexibility index (Phi) is 4.86. The van der Waals surface area contributed by atoms with Crippen LogP contribution in [0.1, 0.15) is 66.2 Å². The maximum absolute atomic E-state index is 12.0. The minimum absolute atomic E-state index is 0.267. The van der Waals surface area contributed by atoms with E-state index in [1.54, 1.807) is 13.8 Å². The number of carbonyl (C=O) groups is 1. The molecular weight excluding hydrogens is 320 g/mol. The number of rotatable bonds is 0. The van der Waals surface area contributed by atoms with Crippen LogP contribution >= 0.6 is 0 Å². The zero-order valence-electron chi connectivity index (χ0n) is 15.7. The lowest BCUT2D eigenvalue weighted by Gasteiger charge is -2.46. The first kappa shape index (κ1) is 18.6. The topological polar surface area (TPSA) is 76.0 Å². The Labute approximate surface area is 149 Å². The SMILES string of the molecule is CC1=CC2OC(=O)C(C)=C2CCC(C)(O)C2CCC(C)(O)C(CC1)O2.